The molecule has 0 amide bonds. The molecular formula is C61H56N3OPt-. The van der Waals surface area contributed by atoms with Crippen molar-refractivity contribution in [3.05, 3.63) is 167 Å². The molecule has 0 spiro atoms. The maximum atomic E-state index is 12.5. The van der Waals surface area contributed by atoms with Gasteiger partial charge in [0.05, 0.1) is 21.9 Å². The van der Waals surface area contributed by atoms with Gasteiger partial charge >= 0.3 is 0 Å². The Morgan fingerprint density at radius 2 is 1.26 bits per heavy atom. The molecule has 332 valence electrons. The molecule has 0 aliphatic heterocycles. The van der Waals surface area contributed by atoms with Crippen molar-refractivity contribution in [2.24, 2.45) is 0 Å². The number of phenolic OH excluding ortho intramolecular Hbond substituents is 1. The number of nitrogens with zero attached hydrogens (tertiary/aromatic N) is 3. The van der Waals surface area contributed by atoms with Crippen LogP contribution in [0, 0.1) is 6.07 Å². The average Bonchev–Trinajstić information content (AvgIpc) is 3.72. The maximum Gasteiger partial charge on any atom is 0.149 e. The first-order chi connectivity index (χ1) is 30.8. The predicted molar refractivity (Wildman–Crippen MR) is 273 cm³/mol. The van der Waals surface area contributed by atoms with Gasteiger partial charge in [-0.3, -0.25) is 9.38 Å². The summed E-state index contributed by atoms with van der Waals surface area (Å²) in [7, 11) is 0. The maximum absolute atomic E-state index is 12.5. The Labute approximate surface area is 403 Å². The summed E-state index contributed by atoms with van der Waals surface area (Å²) in [5.41, 5.74) is 17.9. The molecule has 0 unspecified atom stereocenters. The van der Waals surface area contributed by atoms with Crippen molar-refractivity contribution in [1.29, 1.82) is 0 Å². The third-order valence-corrected chi connectivity index (χ3v) is 14.2. The largest absolute Gasteiger partial charge is 0.507 e. The molecule has 11 rings (SSSR count). The van der Waals surface area contributed by atoms with Gasteiger partial charge in [0.25, 0.3) is 0 Å². The SMILES string of the molecule is CC(C)(C)c1ccnc(-c2[c-]c(-c3cccc4c3nc3c5c(O)cc(C(C)(C)C)c6cccc(c7cc(-c8ccccc8C(C)(C)C)ccc7n43)c65)cc3c2C(C)(C)c2ccccc2-3)c1.[Pt]. The van der Waals surface area contributed by atoms with Crippen LogP contribution >= 0.6 is 0 Å². The van der Waals surface area contributed by atoms with Gasteiger partial charge in [-0.05, 0) is 102 Å². The van der Waals surface area contributed by atoms with E-state index < -0.39 is 0 Å². The standard InChI is InChI=1S/C61H56N3O.Pt/c1-58(2,3)37-28-29-62-49(33-37)45-32-36(31-44-40-19-13-15-24-47(40)61(10,11)55(44)45)39-20-17-25-51-56(39)63-57-54-52(65)34-48(60(7,8)9)42-22-16-21-41(53(42)54)43-30-35(26-27-50(43)64(51)57)38-18-12-14-23-46(38)59(4,5)6;/h12-31,33-34,65H,1-11H3;/q-1;. The number of rotatable bonds is 3. The van der Waals surface area contributed by atoms with Gasteiger partial charge in [-0.15, -0.1) is 17.7 Å². The van der Waals surface area contributed by atoms with Crippen LogP contribution in [0.25, 0.3) is 93.8 Å². The summed E-state index contributed by atoms with van der Waals surface area (Å²) < 4.78 is 2.29. The van der Waals surface area contributed by atoms with Crippen LogP contribution < -0.4 is 0 Å². The molecule has 3 heterocycles. The van der Waals surface area contributed by atoms with E-state index in [4.69, 9.17) is 9.97 Å². The van der Waals surface area contributed by atoms with E-state index in [1.54, 1.807) is 0 Å². The number of hydrogen-bond donors (Lipinski definition) is 1. The normalized spacial score (nSPS) is 13.7. The van der Waals surface area contributed by atoms with Crippen LogP contribution in [-0.4, -0.2) is 19.5 Å². The van der Waals surface area contributed by atoms with E-state index >= 15 is 0 Å². The van der Waals surface area contributed by atoms with E-state index in [2.05, 4.69) is 208 Å². The zero-order valence-corrected chi connectivity index (χ0v) is 42.1. The quantitative estimate of drug-likeness (QED) is 0.179. The molecule has 1 aliphatic carbocycles. The first-order valence-electron chi connectivity index (χ1n) is 23.1. The molecule has 0 radical (unpaired) electrons. The third-order valence-electron chi connectivity index (χ3n) is 14.2. The van der Waals surface area contributed by atoms with Crippen molar-refractivity contribution in [3.8, 4) is 50.4 Å². The second-order valence-corrected chi connectivity index (χ2v) is 22.0. The van der Waals surface area contributed by atoms with Gasteiger partial charge in [0, 0.05) is 43.7 Å². The second kappa shape index (κ2) is 15.0. The Morgan fingerprint density at radius 1 is 0.576 bits per heavy atom. The van der Waals surface area contributed by atoms with E-state index in [0.29, 0.717) is 0 Å². The van der Waals surface area contributed by atoms with Crippen molar-refractivity contribution < 1.29 is 26.2 Å². The van der Waals surface area contributed by atoms with Crippen LogP contribution in [0.15, 0.2) is 134 Å². The number of phenols is 1. The number of fused-ring (bicyclic) bond motifs is 10. The number of imidazole rings is 1. The first-order valence-corrected chi connectivity index (χ1v) is 23.1. The number of aromatic hydroxyl groups is 1. The van der Waals surface area contributed by atoms with Crippen molar-refractivity contribution in [2.75, 3.05) is 0 Å². The first kappa shape index (κ1) is 43.8. The van der Waals surface area contributed by atoms with Crippen LogP contribution in [0.3, 0.4) is 0 Å². The van der Waals surface area contributed by atoms with Gasteiger partial charge in [-0.1, -0.05) is 189 Å². The summed E-state index contributed by atoms with van der Waals surface area (Å²) in [5.74, 6) is 0.231. The van der Waals surface area contributed by atoms with E-state index in [1.165, 1.54) is 38.9 Å². The molecule has 4 nitrogen and oxygen atoms in total. The van der Waals surface area contributed by atoms with E-state index in [-0.39, 0.29) is 48.5 Å². The van der Waals surface area contributed by atoms with Crippen molar-refractivity contribution in [2.45, 2.75) is 97.8 Å². The third kappa shape index (κ3) is 6.57. The molecule has 1 N–H and O–H groups in total. The summed E-state index contributed by atoms with van der Waals surface area (Å²) in [6, 6.07) is 50.3. The monoisotopic (exact) mass is 1040 g/mol. The fourth-order valence-electron chi connectivity index (χ4n) is 11.0. The van der Waals surface area contributed by atoms with E-state index in [0.717, 1.165) is 82.6 Å². The second-order valence-electron chi connectivity index (χ2n) is 22.0. The molecule has 0 bridgehead atoms. The molecule has 0 saturated carbocycles. The Hall–Kier alpha value is -6.09. The average molecular weight is 1040 g/mol. The predicted octanol–water partition coefficient (Wildman–Crippen LogP) is 16.0. The Kier molecular flexibility index (Phi) is 9.92. The molecule has 66 heavy (non-hydrogen) atoms. The molecule has 1 aliphatic rings. The Morgan fingerprint density at radius 3 is 2.00 bits per heavy atom. The number of pyridine rings is 1. The van der Waals surface area contributed by atoms with E-state index in [9.17, 15) is 5.11 Å². The van der Waals surface area contributed by atoms with Crippen molar-refractivity contribution >= 4 is 49.1 Å². The Balaban J connectivity index is 0.00000511. The van der Waals surface area contributed by atoms with Crippen LogP contribution in [0.1, 0.15) is 104 Å². The summed E-state index contributed by atoms with van der Waals surface area (Å²) in [6.45, 7) is 24.9. The molecule has 0 saturated heterocycles. The molecule has 0 fully saturated rings. The minimum atomic E-state index is -0.265. The number of para-hydroxylation sites is 1. The van der Waals surface area contributed by atoms with Gasteiger partial charge in [-0.25, -0.2) is 4.98 Å². The molecule has 0 atom stereocenters. The van der Waals surface area contributed by atoms with Crippen LogP contribution in [0.2, 0.25) is 0 Å². The van der Waals surface area contributed by atoms with Gasteiger partial charge in [0.2, 0.25) is 0 Å². The summed E-state index contributed by atoms with van der Waals surface area (Å²) >= 11 is 0. The molecule has 7 aromatic carbocycles. The molecular weight excluding hydrogens is 986 g/mol. The summed E-state index contributed by atoms with van der Waals surface area (Å²) in [6.07, 6.45) is 1.95. The van der Waals surface area contributed by atoms with Crippen LogP contribution in [0.4, 0.5) is 0 Å². The fraction of sp³-hybridized carbons (Fsp3) is 0.246. The molecule has 3 aromatic heterocycles. The Bertz CT molecular complexity index is 3650. The summed E-state index contributed by atoms with van der Waals surface area (Å²) in [4.78, 5) is 10.7. The van der Waals surface area contributed by atoms with Gasteiger partial charge in [0.1, 0.15) is 11.4 Å². The van der Waals surface area contributed by atoms with Gasteiger partial charge < -0.3 is 5.11 Å². The minimum absolute atomic E-state index is 0. The van der Waals surface area contributed by atoms with Crippen molar-refractivity contribution in [1.82, 2.24) is 14.4 Å². The zero-order chi connectivity index (χ0) is 45.5. The summed E-state index contributed by atoms with van der Waals surface area (Å²) in [5, 5.41) is 17.5. The minimum Gasteiger partial charge on any atom is -0.507 e. The van der Waals surface area contributed by atoms with Crippen molar-refractivity contribution in [3.63, 3.8) is 0 Å². The molecule has 5 heteroatoms. The topological polar surface area (TPSA) is 50.4 Å². The number of hydrogen-bond acceptors (Lipinski definition) is 3. The molecule has 10 aromatic rings. The fourth-order valence-corrected chi connectivity index (χ4v) is 11.0. The number of aromatic nitrogens is 3. The van der Waals surface area contributed by atoms with Crippen LogP contribution in [0.5, 0.6) is 5.75 Å². The van der Waals surface area contributed by atoms with E-state index in [1.807, 2.05) is 12.3 Å². The van der Waals surface area contributed by atoms with Gasteiger partial charge in [0.15, 0.2) is 0 Å². The van der Waals surface area contributed by atoms with Gasteiger partial charge in [-0.2, -0.15) is 0 Å². The smallest absolute Gasteiger partial charge is 0.149 e. The zero-order valence-electron chi connectivity index (χ0n) is 39.8. The van der Waals surface area contributed by atoms with Crippen LogP contribution in [-0.2, 0) is 42.7 Å². The number of benzene rings is 7.